The van der Waals surface area contributed by atoms with E-state index in [1.807, 2.05) is 0 Å². The standard InChI is InChI=1S/C10H22O3Si2/c1-7-10(11)12-8-9-15(5,6)13-14(2,3)4/h7H,1,8-9H2,2-6H3. The maximum atomic E-state index is 10.8. The lowest BCUT2D eigenvalue weighted by molar-refractivity contribution is -0.137. The average Bonchev–Trinajstić information content (AvgIpc) is 1.98. The highest BCUT2D eigenvalue weighted by atomic mass is 28.4. The first kappa shape index (κ1) is 14.6. The second-order valence-electron chi connectivity index (χ2n) is 5.10. The van der Waals surface area contributed by atoms with E-state index in [-0.39, 0.29) is 5.97 Å². The molecular formula is C10H22O3Si2. The quantitative estimate of drug-likeness (QED) is 0.411. The van der Waals surface area contributed by atoms with Gasteiger partial charge in [0.2, 0.25) is 0 Å². The molecule has 0 aromatic rings. The number of hydrogen-bond donors (Lipinski definition) is 0. The first-order chi connectivity index (χ1) is 6.66. The van der Waals surface area contributed by atoms with Crippen molar-refractivity contribution < 1.29 is 13.6 Å². The molecular weight excluding hydrogens is 224 g/mol. The number of ether oxygens (including phenoxy) is 1. The fourth-order valence-corrected chi connectivity index (χ4v) is 8.97. The van der Waals surface area contributed by atoms with E-state index in [9.17, 15) is 4.79 Å². The summed E-state index contributed by atoms with van der Waals surface area (Å²) in [6, 6.07) is 0.844. The van der Waals surface area contributed by atoms with E-state index < -0.39 is 16.6 Å². The van der Waals surface area contributed by atoms with Crippen molar-refractivity contribution in [3.05, 3.63) is 12.7 Å². The molecule has 0 radical (unpaired) electrons. The van der Waals surface area contributed by atoms with Crippen LogP contribution in [0.1, 0.15) is 0 Å². The second kappa shape index (κ2) is 5.62. The zero-order valence-electron chi connectivity index (χ0n) is 10.4. The van der Waals surface area contributed by atoms with Crippen LogP contribution < -0.4 is 0 Å². The van der Waals surface area contributed by atoms with Gasteiger partial charge in [-0.05, 0) is 38.8 Å². The molecule has 0 rings (SSSR count). The minimum Gasteiger partial charge on any atom is -0.463 e. The third-order valence-corrected chi connectivity index (χ3v) is 7.77. The van der Waals surface area contributed by atoms with Crippen LogP contribution in [-0.2, 0) is 13.6 Å². The van der Waals surface area contributed by atoms with Gasteiger partial charge < -0.3 is 8.85 Å². The predicted octanol–water partition coefficient (Wildman–Crippen LogP) is 2.77. The molecule has 0 aliphatic rings. The molecule has 0 saturated carbocycles. The average molecular weight is 246 g/mol. The van der Waals surface area contributed by atoms with Crippen molar-refractivity contribution >= 4 is 22.6 Å². The molecule has 3 nitrogen and oxygen atoms in total. The minimum atomic E-state index is -1.67. The summed E-state index contributed by atoms with van der Waals surface area (Å²) < 4.78 is 11.1. The highest BCUT2D eigenvalue weighted by molar-refractivity contribution is 6.84. The summed E-state index contributed by atoms with van der Waals surface area (Å²) in [6.45, 7) is 14.6. The van der Waals surface area contributed by atoms with E-state index in [2.05, 4.69) is 39.3 Å². The predicted molar refractivity (Wildman–Crippen MR) is 67.9 cm³/mol. The molecule has 0 atom stereocenters. The van der Waals surface area contributed by atoms with Gasteiger partial charge in [0.05, 0.1) is 6.61 Å². The Kier molecular flexibility index (Phi) is 5.47. The largest absolute Gasteiger partial charge is 0.463 e. The van der Waals surface area contributed by atoms with Crippen LogP contribution in [0.2, 0.25) is 38.8 Å². The zero-order chi connectivity index (χ0) is 12.1. The number of rotatable bonds is 6. The Morgan fingerprint density at radius 1 is 1.27 bits per heavy atom. The highest BCUT2D eigenvalue weighted by Gasteiger charge is 2.29. The van der Waals surface area contributed by atoms with E-state index in [0.29, 0.717) is 6.61 Å². The van der Waals surface area contributed by atoms with Gasteiger partial charge in [0, 0.05) is 6.08 Å². The van der Waals surface area contributed by atoms with E-state index >= 15 is 0 Å². The number of carbonyl (C=O) groups is 1. The minimum absolute atomic E-state index is 0.354. The van der Waals surface area contributed by atoms with Crippen LogP contribution in [0.4, 0.5) is 0 Å². The molecule has 0 N–H and O–H groups in total. The molecule has 0 aliphatic carbocycles. The highest BCUT2D eigenvalue weighted by Crippen LogP contribution is 2.17. The Bertz CT molecular complexity index is 231. The molecule has 0 unspecified atom stereocenters. The Labute approximate surface area is 94.7 Å². The summed E-state index contributed by atoms with van der Waals surface area (Å²) in [5.74, 6) is -0.354. The molecule has 5 heteroatoms. The molecule has 0 amide bonds. The molecule has 0 spiro atoms. The van der Waals surface area contributed by atoms with Gasteiger partial charge in [-0.2, -0.15) is 0 Å². The SMILES string of the molecule is C=CC(=O)OCC[Si](C)(C)O[Si](C)(C)C. The van der Waals surface area contributed by atoms with Crippen LogP contribution in [0.15, 0.2) is 12.7 Å². The fraction of sp³-hybridized carbons (Fsp3) is 0.700. The molecule has 0 bridgehead atoms. The number of hydrogen-bond acceptors (Lipinski definition) is 3. The van der Waals surface area contributed by atoms with E-state index in [0.717, 1.165) is 6.04 Å². The third-order valence-electron chi connectivity index (χ3n) is 1.70. The lowest BCUT2D eigenvalue weighted by Gasteiger charge is -2.31. The Morgan fingerprint density at radius 2 is 1.80 bits per heavy atom. The maximum Gasteiger partial charge on any atom is 0.330 e. The maximum absolute atomic E-state index is 10.8. The first-order valence-corrected chi connectivity index (χ1v) is 11.7. The van der Waals surface area contributed by atoms with Crippen LogP contribution >= 0.6 is 0 Å². The second-order valence-corrected chi connectivity index (χ2v) is 14.2. The monoisotopic (exact) mass is 246 g/mol. The summed E-state index contributed by atoms with van der Waals surface area (Å²) in [7, 11) is -3.15. The Hall–Kier alpha value is -0.396. The fourth-order valence-electron chi connectivity index (χ4n) is 1.34. The van der Waals surface area contributed by atoms with Crippen LogP contribution in [0.5, 0.6) is 0 Å². The summed E-state index contributed by atoms with van der Waals surface area (Å²) in [5.41, 5.74) is 0. The van der Waals surface area contributed by atoms with Gasteiger partial charge in [0.1, 0.15) is 0 Å². The van der Waals surface area contributed by atoms with Crippen LogP contribution in [0.3, 0.4) is 0 Å². The summed E-state index contributed by atoms with van der Waals surface area (Å²) in [5, 5.41) is 0. The van der Waals surface area contributed by atoms with E-state index in [1.165, 1.54) is 6.08 Å². The van der Waals surface area contributed by atoms with Crippen LogP contribution in [0, 0.1) is 0 Å². The molecule has 0 aromatic carbocycles. The molecule has 0 fully saturated rings. The third kappa shape index (κ3) is 8.59. The number of esters is 1. The number of carbonyl (C=O) groups excluding carboxylic acids is 1. The van der Waals surface area contributed by atoms with Gasteiger partial charge in [-0.3, -0.25) is 0 Å². The van der Waals surface area contributed by atoms with Crippen molar-refractivity contribution in [2.75, 3.05) is 6.61 Å². The van der Waals surface area contributed by atoms with Crippen molar-refractivity contribution in [3.63, 3.8) is 0 Å². The molecule has 88 valence electrons. The Morgan fingerprint density at radius 3 is 2.20 bits per heavy atom. The molecule has 15 heavy (non-hydrogen) atoms. The normalized spacial score (nSPS) is 12.3. The lowest BCUT2D eigenvalue weighted by atomic mass is 10.6. The molecule has 0 aliphatic heterocycles. The van der Waals surface area contributed by atoms with Crippen LogP contribution in [-0.4, -0.2) is 29.2 Å². The first-order valence-electron chi connectivity index (χ1n) is 5.16. The van der Waals surface area contributed by atoms with E-state index in [4.69, 9.17) is 8.85 Å². The van der Waals surface area contributed by atoms with Crippen molar-refractivity contribution in [2.24, 2.45) is 0 Å². The van der Waals surface area contributed by atoms with Gasteiger partial charge in [0.25, 0.3) is 0 Å². The van der Waals surface area contributed by atoms with Crippen LogP contribution in [0.25, 0.3) is 0 Å². The molecule has 0 heterocycles. The van der Waals surface area contributed by atoms with Gasteiger partial charge in [0.15, 0.2) is 16.6 Å². The van der Waals surface area contributed by atoms with Crippen molar-refractivity contribution in [3.8, 4) is 0 Å². The van der Waals surface area contributed by atoms with Crippen molar-refractivity contribution in [1.29, 1.82) is 0 Å². The van der Waals surface area contributed by atoms with Crippen molar-refractivity contribution in [2.45, 2.75) is 38.8 Å². The lowest BCUT2D eigenvalue weighted by Crippen LogP contribution is -2.42. The van der Waals surface area contributed by atoms with E-state index in [1.54, 1.807) is 0 Å². The van der Waals surface area contributed by atoms with Gasteiger partial charge in [-0.15, -0.1) is 0 Å². The van der Waals surface area contributed by atoms with Gasteiger partial charge in [-0.25, -0.2) is 4.79 Å². The summed E-state index contributed by atoms with van der Waals surface area (Å²) in [4.78, 5) is 10.8. The zero-order valence-corrected chi connectivity index (χ0v) is 12.4. The molecule has 0 aromatic heterocycles. The summed E-state index contributed by atoms with van der Waals surface area (Å²) in [6.07, 6.45) is 1.19. The Balaban J connectivity index is 3.94. The topological polar surface area (TPSA) is 35.5 Å². The van der Waals surface area contributed by atoms with Crippen molar-refractivity contribution in [1.82, 2.24) is 0 Å². The smallest absolute Gasteiger partial charge is 0.330 e. The van der Waals surface area contributed by atoms with Gasteiger partial charge >= 0.3 is 5.97 Å². The summed E-state index contributed by atoms with van der Waals surface area (Å²) >= 11 is 0. The molecule has 0 saturated heterocycles. The van der Waals surface area contributed by atoms with Gasteiger partial charge in [-0.1, -0.05) is 6.58 Å².